The van der Waals surface area contributed by atoms with Crippen LogP contribution in [0.3, 0.4) is 0 Å². The van der Waals surface area contributed by atoms with Crippen molar-refractivity contribution in [2.75, 3.05) is 19.8 Å². The van der Waals surface area contributed by atoms with Crippen LogP contribution in [-0.4, -0.2) is 81.8 Å². The maximum Gasteiger partial charge on any atom is 0.313 e. The number of carbonyl (C=O) groups is 3. The zero-order chi connectivity index (χ0) is 25.7. The average Bonchev–Trinajstić information content (AvgIpc) is 3.16. The number of carbonyl (C=O) groups excluding carboxylic acids is 3. The minimum absolute atomic E-state index is 0.106. The van der Waals surface area contributed by atoms with Gasteiger partial charge in [-0.1, -0.05) is 54.6 Å². The van der Waals surface area contributed by atoms with E-state index in [4.69, 9.17) is 9.47 Å². The molecule has 2 fully saturated rings. The van der Waals surface area contributed by atoms with Gasteiger partial charge in [-0.2, -0.15) is 0 Å². The highest BCUT2D eigenvalue weighted by Gasteiger charge is 2.75. The summed E-state index contributed by atoms with van der Waals surface area (Å²) in [5, 5.41) is 10.5. The predicted octanol–water partition coefficient (Wildman–Crippen LogP) is 1.87. The minimum Gasteiger partial charge on any atom is -0.465 e. The van der Waals surface area contributed by atoms with Gasteiger partial charge < -0.3 is 24.4 Å². The zero-order valence-corrected chi connectivity index (χ0v) is 21.0. The highest BCUT2D eigenvalue weighted by atomic mass is 16.6. The van der Waals surface area contributed by atoms with Crippen LogP contribution in [0.25, 0.3) is 0 Å². The molecule has 192 valence electrons. The van der Waals surface area contributed by atoms with E-state index in [2.05, 4.69) is 0 Å². The summed E-state index contributed by atoms with van der Waals surface area (Å²) >= 11 is 0. The van der Waals surface area contributed by atoms with Crippen LogP contribution in [0, 0.1) is 11.8 Å². The molecule has 0 radical (unpaired) electrons. The molecule has 4 heterocycles. The van der Waals surface area contributed by atoms with Gasteiger partial charge in [0.1, 0.15) is 17.6 Å². The van der Waals surface area contributed by atoms with Crippen molar-refractivity contribution in [3.05, 3.63) is 60.2 Å². The maximum absolute atomic E-state index is 14.3. The molecule has 2 amide bonds. The summed E-state index contributed by atoms with van der Waals surface area (Å²) in [5.41, 5.74) is -1.52. The van der Waals surface area contributed by atoms with Crippen LogP contribution in [0.15, 0.2) is 54.6 Å². The van der Waals surface area contributed by atoms with Crippen LogP contribution in [0.5, 0.6) is 0 Å². The summed E-state index contributed by atoms with van der Waals surface area (Å²) in [7, 11) is 0. The molecular weight excluding hydrogens is 460 g/mol. The van der Waals surface area contributed by atoms with Gasteiger partial charge in [0.25, 0.3) is 0 Å². The Labute approximate surface area is 211 Å². The van der Waals surface area contributed by atoms with Gasteiger partial charge in [0.2, 0.25) is 11.8 Å². The van der Waals surface area contributed by atoms with Crippen molar-refractivity contribution in [2.45, 2.75) is 62.9 Å². The second kappa shape index (κ2) is 9.16. The summed E-state index contributed by atoms with van der Waals surface area (Å²) in [6, 6.07) is 7.79. The molecule has 1 unspecified atom stereocenters. The molecule has 36 heavy (non-hydrogen) atoms. The molecule has 0 saturated carbocycles. The fraction of sp³-hybridized carbons (Fsp3) is 0.536. The van der Waals surface area contributed by atoms with Crippen molar-refractivity contribution < 1.29 is 29.0 Å². The van der Waals surface area contributed by atoms with Crippen LogP contribution in [0.4, 0.5) is 0 Å². The number of fused-ring (bicyclic) bond motifs is 2. The minimum atomic E-state index is -1.35. The quantitative estimate of drug-likeness (QED) is 0.496. The molecule has 1 spiro atoms. The first-order valence-corrected chi connectivity index (χ1v) is 12.7. The average molecular weight is 495 g/mol. The Morgan fingerprint density at radius 3 is 2.50 bits per heavy atom. The van der Waals surface area contributed by atoms with Gasteiger partial charge in [-0.3, -0.25) is 14.4 Å². The first-order valence-electron chi connectivity index (χ1n) is 12.7. The van der Waals surface area contributed by atoms with Gasteiger partial charge in [0, 0.05) is 12.6 Å². The van der Waals surface area contributed by atoms with E-state index in [0.29, 0.717) is 19.4 Å². The Hall–Kier alpha value is -2.97. The summed E-state index contributed by atoms with van der Waals surface area (Å²) < 4.78 is 12.3. The summed E-state index contributed by atoms with van der Waals surface area (Å²) in [6.07, 6.45) is 8.35. The van der Waals surface area contributed by atoms with Gasteiger partial charge in [-0.05, 0) is 39.2 Å². The molecule has 8 heteroatoms. The molecule has 8 nitrogen and oxygen atoms in total. The van der Waals surface area contributed by atoms with Crippen LogP contribution < -0.4 is 0 Å². The Morgan fingerprint density at radius 2 is 1.81 bits per heavy atom. The molecule has 2 saturated heterocycles. The largest absolute Gasteiger partial charge is 0.465 e. The lowest BCUT2D eigenvalue weighted by atomic mass is 9.74. The third kappa shape index (κ3) is 3.69. The van der Waals surface area contributed by atoms with E-state index in [-0.39, 0.29) is 31.1 Å². The third-order valence-corrected chi connectivity index (χ3v) is 8.03. The molecular formula is C28H34N2O6. The fourth-order valence-electron chi connectivity index (χ4n) is 6.44. The van der Waals surface area contributed by atoms with E-state index in [1.54, 1.807) is 11.8 Å². The molecule has 0 bridgehead atoms. The number of hydrogen-bond acceptors (Lipinski definition) is 6. The Balaban J connectivity index is 1.66. The summed E-state index contributed by atoms with van der Waals surface area (Å²) in [6.45, 7) is 5.93. The van der Waals surface area contributed by atoms with Crippen molar-refractivity contribution in [2.24, 2.45) is 11.8 Å². The topological polar surface area (TPSA) is 96.4 Å². The van der Waals surface area contributed by atoms with Gasteiger partial charge in [0.05, 0.1) is 30.8 Å². The number of aliphatic hydroxyl groups excluding tert-OH is 1. The molecule has 4 aliphatic rings. The number of cyclic esters (lactones) is 1. The normalized spacial score (nSPS) is 34.6. The van der Waals surface area contributed by atoms with E-state index in [1.807, 2.05) is 68.5 Å². The molecule has 1 aromatic carbocycles. The van der Waals surface area contributed by atoms with Crippen LogP contribution in [0.2, 0.25) is 0 Å². The standard InChI is InChI=1S/C28H34N2O6/c1-18(2)29-14-9-13-28-21(22-26(34)35-15-8-7-12-27(22,3)36-28)24(32)30(23(28)25(29)33)20(17-31)16-19-10-5-4-6-11-19/h4-7,9-13,18,20-23,31H,8,14-17H2,1-3H3/t20-,21+,22+,23?,27-,28+/m1/s1. The molecule has 6 atom stereocenters. The van der Waals surface area contributed by atoms with Crippen LogP contribution >= 0.6 is 0 Å². The van der Waals surface area contributed by atoms with Crippen LogP contribution in [0.1, 0.15) is 32.8 Å². The lowest BCUT2D eigenvalue weighted by Gasteiger charge is -2.41. The number of aliphatic hydroxyl groups is 1. The third-order valence-electron chi connectivity index (χ3n) is 8.03. The van der Waals surface area contributed by atoms with E-state index >= 15 is 0 Å². The van der Waals surface area contributed by atoms with E-state index in [1.165, 1.54) is 4.90 Å². The molecule has 1 aromatic rings. The molecule has 5 rings (SSSR count). The Kier molecular flexibility index (Phi) is 6.29. The van der Waals surface area contributed by atoms with Crippen LogP contribution in [-0.2, 0) is 30.3 Å². The first-order chi connectivity index (χ1) is 17.2. The SMILES string of the molecule is CC(C)N1CC=C[C@]23O[C@]4(C)C=CCCOC(=O)[C@@H]4[C@H]2C(=O)N([C@@H](CO)Cc2ccccc2)C3C1=O. The second-order valence-corrected chi connectivity index (χ2v) is 10.6. The number of likely N-dealkylation sites (tertiary alicyclic amines) is 1. The van der Waals surface area contributed by atoms with E-state index < -0.39 is 41.1 Å². The lowest BCUT2D eigenvalue weighted by molar-refractivity contribution is -0.162. The van der Waals surface area contributed by atoms with Crippen molar-refractivity contribution in [3.8, 4) is 0 Å². The van der Waals surface area contributed by atoms with Crippen molar-refractivity contribution in [1.82, 2.24) is 9.80 Å². The van der Waals surface area contributed by atoms with Crippen molar-refractivity contribution in [1.29, 1.82) is 0 Å². The maximum atomic E-state index is 14.3. The first kappa shape index (κ1) is 24.7. The predicted molar refractivity (Wildman–Crippen MR) is 132 cm³/mol. The van der Waals surface area contributed by atoms with Gasteiger partial charge in [-0.15, -0.1) is 0 Å². The Morgan fingerprint density at radius 1 is 1.06 bits per heavy atom. The molecule has 0 aromatic heterocycles. The number of amides is 2. The number of esters is 1. The number of nitrogens with zero attached hydrogens (tertiary/aromatic N) is 2. The summed E-state index contributed by atoms with van der Waals surface area (Å²) in [4.78, 5) is 45.0. The highest BCUT2D eigenvalue weighted by molar-refractivity contribution is 5.99. The van der Waals surface area contributed by atoms with Crippen molar-refractivity contribution >= 4 is 17.8 Å². The lowest BCUT2D eigenvalue weighted by Crippen LogP contribution is -2.59. The van der Waals surface area contributed by atoms with Gasteiger partial charge >= 0.3 is 5.97 Å². The Bertz CT molecular complexity index is 1100. The number of rotatable bonds is 5. The highest BCUT2D eigenvalue weighted by Crippen LogP contribution is 2.57. The molecule has 1 N–H and O–H groups in total. The summed E-state index contributed by atoms with van der Waals surface area (Å²) in [5.74, 6) is -2.95. The number of ether oxygens (including phenoxy) is 2. The van der Waals surface area contributed by atoms with Gasteiger partial charge in [-0.25, -0.2) is 0 Å². The molecule has 0 aliphatic carbocycles. The van der Waals surface area contributed by atoms with Crippen molar-refractivity contribution in [3.63, 3.8) is 0 Å². The molecule has 4 aliphatic heterocycles. The van der Waals surface area contributed by atoms with E-state index in [9.17, 15) is 19.5 Å². The number of hydrogen-bond donors (Lipinski definition) is 1. The van der Waals surface area contributed by atoms with Gasteiger partial charge in [0.15, 0.2) is 0 Å². The smallest absolute Gasteiger partial charge is 0.313 e. The number of benzene rings is 1. The fourth-order valence-corrected chi connectivity index (χ4v) is 6.44. The zero-order valence-electron chi connectivity index (χ0n) is 21.0. The second-order valence-electron chi connectivity index (χ2n) is 10.6. The monoisotopic (exact) mass is 494 g/mol. The van der Waals surface area contributed by atoms with E-state index in [0.717, 1.165) is 5.56 Å².